The molecule has 3 aromatic rings. The molecule has 1 unspecified atom stereocenters. The van der Waals surface area contributed by atoms with E-state index in [1.54, 1.807) is 25.1 Å². The molecule has 3 N–H and O–H groups in total. The highest BCUT2D eigenvalue weighted by atomic mass is 19.4. The molecule has 1 aromatic heterocycles. The number of para-hydroxylation sites is 2. The van der Waals surface area contributed by atoms with Gasteiger partial charge < -0.3 is 20.4 Å². The number of anilines is 1. The van der Waals surface area contributed by atoms with Crippen molar-refractivity contribution in [2.45, 2.75) is 25.6 Å². The molecule has 0 saturated carbocycles. The zero-order chi connectivity index (χ0) is 22.4. The van der Waals surface area contributed by atoms with E-state index in [1.165, 1.54) is 12.1 Å². The third-order valence-electron chi connectivity index (χ3n) is 4.44. The molecule has 10 heteroatoms. The smallest absolute Gasteiger partial charge is 0.416 e. The number of imidazole rings is 1. The van der Waals surface area contributed by atoms with Crippen molar-refractivity contribution in [2.24, 2.45) is 0 Å². The van der Waals surface area contributed by atoms with E-state index in [-0.39, 0.29) is 25.1 Å². The van der Waals surface area contributed by atoms with E-state index in [0.29, 0.717) is 11.5 Å². The first-order chi connectivity index (χ1) is 14.8. The first-order valence-electron chi connectivity index (χ1n) is 9.57. The number of carbonyl (C=O) groups excluding carboxylic acids is 2. The number of amides is 1. The fourth-order valence-corrected chi connectivity index (χ4v) is 3.01. The summed E-state index contributed by atoms with van der Waals surface area (Å²) in [6.45, 7) is 1.49. The molecule has 0 aliphatic heterocycles. The average molecular weight is 434 g/mol. The minimum absolute atomic E-state index is 0.176. The highest BCUT2D eigenvalue weighted by molar-refractivity contribution is 5.83. The van der Waals surface area contributed by atoms with E-state index in [0.717, 1.165) is 17.6 Å². The summed E-state index contributed by atoms with van der Waals surface area (Å²) in [4.78, 5) is 31.2. The van der Waals surface area contributed by atoms with Gasteiger partial charge in [0.05, 0.1) is 35.7 Å². The molecule has 1 atom stereocenters. The molecular weight excluding hydrogens is 413 g/mol. The summed E-state index contributed by atoms with van der Waals surface area (Å²) in [5.74, 6) is -0.822. The molecule has 0 saturated heterocycles. The van der Waals surface area contributed by atoms with Crippen LogP contribution in [-0.4, -0.2) is 35.0 Å². The van der Waals surface area contributed by atoms with Gasteiger partial charge in [-0.1, -0.05) is 24.3 Å². The molecule has 1 heterocycles. The summed E-state index contributed by atoms with van der Waals surface area (Å²) in [7, 11) is 0. The second-order valence-electron chi connectivity index (χ2n) is 6.71. The molecule has 0 bridgehead atoms. The molecule has 164 valence electrons. The minimum Gasteiger partial charge on any atom is -0.465 e. The van der Waals surface area contributed by atoms with Crippen molar-refractivity contribution in [3.05, 3.63) is 59.7 Å². The van der Waals surface area contributed by atoms with Crippen LogP contribution in [0.15, 0.2) is 48.5 Å². The van der Waals surface area contributed by atoms with Gasteiger partial charge in [-0.25, -0.2) is 4.98 Å². The highest BCUT2D eigenvalue weighted by Crippen LogP contribution is 2.32. The molecule has 2 aromatic carbocycles. The van der Waals surface area contributed by atoms with Crippen LogP contribution in [0, 0.1) is 0 Å². The van der Waals surface area contributed by atoms with Crippen molar-refractivity contribution in [3.63, 3.8) is 0 Å². The summed E-state index contributed by atoms with van der Waals surface area (Å²) < 4.78 is 44.3. The predicted octanol–water partition coefficient (Wildman–Crippen LogP) is 3.80. The molecule has 0 aliphatic rings. The molecule has 31 heavy (non-hydrogen) atoms. The van der Waals surface area contributed by atoms with Crippen LogP contribution in [0.5, 0.6) is 0 Å². The van der Waals surface area contributed by atoms with Crippen LogP contribution in [-0.2, 0) is 20.5 Å². The Balaban J connectivity index is 1.83. The van der Waals surface area contributed by atoms with E-state index in [9.17, 15) is 22.8 Å². The Labute approximate surface area is 176 Å². The molecule has 0 aliphatic carbocycles. The van der Waals surface area contributed by atoms with Gasteiger partial charge in [0.2, 0.25) is 11.9 Å². The number of nitrogens with one attached hydrogen (secondary N) is 3. The van der Waals surface area contributed by atoms with Crippen molar-refractivity contribution < 1.29 is 27.5 Å². The number of carbonyl (C=O) groups is 2. The number of aromatic nitrogens is 2. The van der Waals surface area contributed by atoms with Crippen molar-refractivity contribution in [1.29, 1.82) is 0 Å². The summed E-state index contributed by atoms with van der Waals surface area (Å²) in [6, 6.07) is 11.1. The van der Waals surface area contributed by atoms with Crippen LogP contribution >= 0.6 is 0 Å². The zero-order valence-corrected chi connectivity index (χ0v) is 16.6. The number of hydrogen-bond donors (Lipinski definition) is 3. The van der Waals surface area contributed by atoms with Crippen LogP contribution in [0.25, 0.3) is 11.0 Å². The van der Waals surface area contributed by atoms with Gasteiger partial charge in [0, 0.05) is 0 Å². The molecule has 7 nitrogen and oxygen atoms in total. The maximum absolute atomic E-state index is 13.2. The Hall–Kier alpha value is -3.56. The number of halogens is 3. The normalized spacial score (nSPS) is 12.4. The molecule has 0 radical (unpaired) electrons. The second-order valence-corrected chi connectivity index (χ2v) is 6.71. The van der Waals surface area contributed by atoms with Gasteiger partial charge in [0.1, 0.15) is 6.54 Å². The lowest BCUT2D eigenvalue weighted by Gasteiger charge is -2.20. The Bertz CT molecular complexity index is 1030. The SMILES string of the molecule is CCOC(=O)CNC(=O)CC(Nc1nc2ccccc2[nH]1)c1cccc(C(F)(F)F)c1. The standard InChI is InChI=1S/C21H21F3N4O3/c1-2-31-19(30)12-25-18(29)11-17(13-6-5-7-14(10-13)21(22,23)24)28-20-26-15-8-3-4-9-16(15)27-20/h3-10,17H,2,11-12H2,1H3,(H,25,29)(H2,26,27,28). The van der Waals surface area contributed by atoms with Gasteiger partial charge in [-0.05, 0) is 36.8 Å². The first kappa shape index (κ1) is 22.1. The lowest BCUT2D eigenvalue weighted by molar-refractivity contribution is -0.143. The molecule has 0 fully saturated rings. The quantitative estimate of drug-likeness (QED) is 0.469. The number of H-pyrrole nitrogens is 1. The summed E-state index contributed by atoms with van der Waals surface area (Å²) >= 11 is 0. The van der Waals surface area contributed by atoms with E-state index >= 15 is 0 Å². The fraction of sp³-hybridized carbons (Fsp3) is 0.286. The van der Waals surface area contributed by atoms with E-state index in [2.05, 4.69) is 20.6 Å². The van der Waals surface area contributed by atoms with E-state index < -0.39 is 29.7 Å². The van der Waals surface area contributed by atoms with Crippen LogP contribution in [0.1, 0.15) is 30.5 Å². The Morgan fingerprint density at radius 1 is 1.16 bits per heavy atom. The topological polar surface area (TPSA) is 96.1 Å². The van der Waals surface area contributed by atoms with Gasteiger partial charge >= 0.3 is 12.1 Å². The third-order valence-corrected chi connectivity index (χ3v) is 4.44. The number of fused-ring (bicyclic) bond motifs is 1. The maximum atomic E-state index is 13.2. The van der Waals surface area contributed by atoms with Gasteiger partial charge in [-0.15, -0.1) is 0 Å². The highest BCUT2D eigenvalue weighted by Gasteiger charge is 2.31. The lowest BCUT2D eigenvalue weighted by atomic mass is 10.0. The van der Waals surface area contributed by atoms with Crippen molar-refractivity contribution in [2.75, 3.05) is 18.5 Å². The summed E-state index contributed by atoms with van der Waals surface area (Å²) in [5.41, 5.74) is 0.828. The Morgan fingerprint density at radius 3 is 2.65 bits per heavy atom. The van der Waals surface area contributed by atoms with Crippen LogP contribution in [0.4, 0.5) is 19.1 Å². The molecule has 0 spiro atoms. The lowest BCUT2D eigenvalue weighted by Crippen LogP contribution is -2.32. The maximum Gasteiger partial charge on any atom is 0.416 e. The van der Waals surface area contributed by atoms with Crippen molar-refractivity contribution in [3.8, 4) is 0 Å². The predicted molar refractivity (Wildman–Crippen MR) is 108 cm³/mol. The number of rotatable bonds is 8. The average Bonchev–Trinajstić information content (AvgIpc) is 3.14. The Kier molecular flexibility index (Phi) is 6.78. The summed E-state index contributed by atoms with van der Waals surface area (Å²) in [5, 5.41) is 5.41. The second kappa shape index (κ2) is 9.50. The Morgan fingerprint density at radius 2 is 1.94 bits per heavy atom. The van der Waals surface area contributed by atoms with Crippen LogP contribution in [0.2, 0.25) is 0 Å². The number of nitrogens with zero attached hydrogens (tertiary/aromatic N) is 1. The number of alkyl halides is 3. The number of benzene rings is 2. The number of esters is 1. The van der Waals surface area contributed by atoms with Gasteiger partial charge in [-0.2, -0.15) is 13.2 Å². The largest absolute Gasteiger partial charge is 0.465 e. The minimum atomic E-state index is -4.52. The monoisotopic (exact) mass is 434 g/mol. The number of aromatic amines is 1. The molecular formula is C21H21F3N4O3. The fourth-order valence-electron chi connectivity index (χ4n) is 3.01. The van der Waals surface area contributed by atoms with Crippen LogP contribution < -0.4 is 10.6 Å². The van der Waals surface area contributed by atoms with Gasteiger partial charge in [-0.3, -0.25) is 9.59 Å². The van der Waals surface area contributed by atoms with Crippen molar-refractivity contribution >= 4 is 28.9 Å². The first-order valence-corrected chi connectivity index (χ1v) is 9.57. The molecule has 3 rings (SSSR count). The van der Waals surface area contributed by atoms with Gasteiger partial charge in [0.25, 0.3) is 0 Å². The van der Waals surface area contributed by atoms with Crippen molar-refractivity contribution in [1.82, 2.24) is 15.3 Å². The number of ether oxygens (including phenoxy) is 1. The van der Waals surface area contributed by atoms with Gasteiger partial charge in [0.15, 0.2) is 0 Å². The van der Waals surface area contributed by atoms with E-state index in [4.69, 9.17) is 4.74 Å². The molecule has 1 amide bonds. The van der Waals surface area contributed by atoms with E-state index in [1.807, 2.05) is 6.07 Å². The summed E-state index contributed by atoms with van der Waals surface area (Å²) in [6.07, 6.45) is -4.75. The zero-order valence-electron chi connectivity index (χ0n) is 16.6. The number of hydrogen-bond acceptors (Lipinski definition) is 5. The van der Waals surface area contributed by atoms with Crippen LogP contribution in [0.3, 0.4) is 0 Å². The third kappa shape index (κ3) is 5.97.